The van der Waals surface area contributed by atoms with E-state index in [9.17, 15) is 15.5 Å². The maximum absolute atomic E-state index is 9.31. The summed E-state index contributed by atoms with van der Waals surface area (Å²) in [5.41, 5.74) is 5.17. The average molecular weight is 196 g/mol. The second-order valence-electron chi connectivity index (χ2n) is 2.85. The summed E-state index contributed by atoms with van der Waals surface area (Å²) in [6.45, 7) is 0. The molecule has 2 rings (SSSR count). The van der Waals surface area contributed by atoms with Crippen LogP contribution in [-0.4, -0.2) is 25.0 Å². The van der Waals surface area contributed by atoms with E-state index in [0.29, 0.717) is 9.46 Å². The highest BCUT2D eigenvalue weighted by Crippen LogP contribution is 2.25. The van der Waals surface area contributed by atoms with Crippen LogP contribution in [-0.2, 0) is 0 Å². The molecule has 0 spiro atoms. The number of imidazole rings is 1. The van der Waals surface area contributed by atoms with Gasteiger partial charge in [0.2, 0.25) is 0 Å². The van der Waals surface area contributed by atoms with Crippen LogP contribution in [0.4, 0.5) is 5.69 Å². The van der Waals surface area contributed by atoms with Crippen molar-refractivity contribution < 1.29 is 15.5 Å². The first-order valence-electron chi connectivity index (χ1n) is 3.71. The van der Waals surface area contributed by atoms with Gasteiger partial charge in [-0.2, -0.15) is 0 Å². The highest BCUT2D eigenvalue weighted by Gasteiger charge is 2.11. The quantitative estimate of drug-likeness (QED) is 0.225. The molecule has 1 aromatic carbocycles. The topological polar surface area (TPSA) is 120 Å². The minimum atomic E-state index is -0.523. The highest BCUT2D eigenvalue weighted by atomic mass is 16.5. The molecule has 0 bridgehead atoms. The molecule has 74 valence electrons. The lowest BCUT2D eigenvalue weighted by molar-refractivity contribution is 0.130. The number of aromatic hydroxyl groups is 1. The Balaban J connectivity index is 3.04. The summed E-state index contributed by atoms with van der Waals surface area (Å²) in [5, 5.41) is 35.1. The van der Waals surface area contributed by atoms with Crippen LogP contribution < -0.4 is 11.4 Å². The van der Waals surface area contributed by atoms with E-state index in [2.05, 4.69) is 0 Å². The number of phenolic OH excluding ortho intramolecular Hbond substituents is 1. The summed E-state index contributed by atoms with van der Waals surface area (Å²) < 4.78 is 0.902. The Kier molecular flexibility index (Phi) is 1.39. The molecule has 0 radical (unpaired) electrons. The standard InChI is InChI=1S/C7H8N4O3/c8-3-1-4-5(2-6(3)12)11(14)7(9)10(4)13/h1-2,9,12-14H,8H2. The number of nitrogens with two attached hydrogens (primary N) is 1. The molecule has 0 fully saturated rings. The molecule has 0 saturated heterocycles. The Labute approximate surface area is 77.3 Å². The molecule has 0 amide bonds. The van der Waals surface area contributed by atoms with E-state index in [1.165, 1.54) is 6.07 Å². The van der Waals surface area contributed by atoms with E-state index in [1.807, 2.05) is 0 Å². The van der Waals surface area contributed by atoms with E-state index in [4.69, 9.17) is 11.1 Å². The number of rotatable bonds is 0. The van der Waals surface area contributed by atoms with Crippen LogP contribution in [0.1, 0.15) is 0 Å². The van der Waals surface area contributed by atoms with Crippen molar-refractivity contribution >= 4 is 16.7 Å². The number of nitrogens with zero attached hydrogens (tertiary/aromatic N) is 2. The SMILES string of the molecule is N=c1n(O)c2cc(N)c(O)cc2n1O. The predicted octanol–water partition coefficient (Wildman–Crippen LogP) is -0.315. The van der Waals surface area contributed by atoms with Gasteiger partial charge >= 0.3 is 0 Å². The van der Waals surface area contributed by atoms with Gasteiger partial charge in [0, 0.05) is 6.07 Å². The van der Waals surface area contributed by atoms with Crippen molar-refractivity contribution in [2.24, 2.45) is 0 Å². The number of hydrogen-bond donors (Lipinski definition) is 5. The minimum absolute atomic E-state index is 0.0610. The van der Waals surface area contributed by atoms with Crippen molar-refractivity contribution in [3.63, 3.8) is 0 Å². The van der Waals surface area contributed by atoms with Gasteiger partial charge in [-0.25, -0.2) is 0 Å². The van der Waals surface area contributed by atoms with Crippen LogP contribution >= 0.6 is 0 Å². The average Bonchev–Trinajstić information content (AvgIpc) is 2.34. The summed E-state index contributed by atoms with van der Waals surface area (Å²) in [6, 6.07) is 2.42. The molecule has 0 aliphatic rings. The monoisotopic (exact) mass is 196 g/mol. The first-order chi connectivity index (χ1) is 6.52. The normalized spacial score (nSPS) is 10.9. The first kappa shape index (κ1) is 8.30. The van der Waals surface area contributed by atoms with Crippen LogP contribution in [0.2, 0.25) is 0 Å². The van der Waals surface area contributed by atoms with Crippen molar-refractivity contribution in [2.45, 2.75) is 0 Å². The first-order valence-corrected chi connectivity index (χ1v) is 3.71. The van der Waals surface area contributed by atoms with Gasteiger partial charge in [-0.15, -0.1) is 9.46 Å². The molecule has 7 nitrogen and oxygen atoms in total. The number of benzene rings is 1. The molecule has 0 aliphatic carbocycles. The molecule has 2 aromatic rings. The molecule has 6 N–H and O–H groups in total. The molecule has 0 atom stereocenters. The fourth-order valence-corrected chi connectivity index (χ4v) is 1.24. The number of anilines is 1. The van der Waals surface area contributed by atoms with Gasteiger partial charge in [0.05, 0.1) is 5.69 Å². The number of phenols is 1. The highest BCUT2D eigenvalue weighted by molar-refractivity contribution is 5.82. The van der Waals surface area contributed by atoms with Crippen molar-refractivity contribution in [1.82, 2.24) is 9.46 Å². The van der Waals surface area contributed by atoms with Crippen LogP contribution in [0, 0.1) is 5.41 Å². The molecular weight excluding hydrogens is 188 g/mol. The Hall–Kier alpha value is -2.31. The Morgan fingerprint density at radius 2 is 1.64 bits per heavy atom. The van der Waals surface area contributed by atoms with Gasteiger partial charge < -0.3 is 21.3 Å². The molecule has 0 aliphatic heterocycles. The smallest absolute Gasteiger partial charge is 0.270 e. The number of nitrogen functional groups attached to an aromatic ring is 1. The van der Waals surface area contributed by atoms with Gasteiger partial charge in [-0.3, -0.25) is 5.41 Å². The predicted molar refractivity (Wildman–Crippen MR) is 46.2 cm³/mol. The Morgan fingerprint density at radius 1 is 1.14 bits per heavy atom. The van der Waals surface area contributed by atoms with E-state index in [-0.39, 0.29) is 22.5 Å². The number of hydrogen-bond acceptors (Lipinski definition) is 5. The van der Waals surface area contributed by atoms with Crippen LogP contribution in [0.3, 0.4) is 0 Å². The molecule has 7 heteroatoms. The number of aromatic nitrogens is 2. The summed E-state index contributed by atoms with van der Waals surface area (Å²) in [4.78, 5) is 0. The molecule has 1 aromatic heterocycles. The summed E-state index contributed by atoms with van der Waals surface area (Å²) in [5.74, 6) is -0.217. The number of nitrogens with one attached hydrogen (secondary N) is 1. The largest absolute Gasteiger partial charge is 0.506 e. The Bertz CT molecular complexity index is 520. The van der Waals surface area contributed by atoms with E-state index < -0.39 is 5.62 Å². The third kappa shape index (κ3) is 0.830. The van der Waals surface area contributed by atoms with Crippen LogP contribution in [0.5, 0.6) is 5.75 Å². The van der Waals surface area contributed by atoms with Crippen LogP contribution in [0.15, 0.2) is 12.1 Å². The summed E-state index contributed by atoms with van der Waals surface area (Å²) in [6.07, 6.45) is 0. The summed E-state index contributed by atoms with van der Waals surface area (Å²) >= 11 is 0. The maximum Gasteiger partial charge on any atom is 0.270 e. The lowest BCUT2D eigenvalue weighted by atomic mass is 10.2. The van der Waals surface area contributed by atoms with Crippen LogP contribution in [0.25, 0.3) is 11.0 Å². The molecule has 1 heterocycles. The molecule has 0 saturated carbocycles. The third-order valence-electron chi connectivity index (χ3n) is 1.98. The van der Waals surface area contributed by atoms with Crippen molar-refractivity contribution in [1.29, 1.82) is 5.41 Å². The Morgan fingerprint density at radius 3 is 2.21 bits per heavy atom. The second kappa shape index (κ2) is 2.34. The van der Waals surface area contributed by atoms with Gasteiger partial charge in [0.25, 0.3) is 5.62 Å². The van der Waals surface area contributed by atoms with Crippen molar-refractivity contribution in [3.8, 4) is 5.75 Å². The van der Waals surface area contributed by atoms with E-state index >= 15 is 0 Å². The zero-order valence-corrected chi connectivity index (χ0v) is 6.97. The fraction of sp³-hybridized carbons (Fsp3) is 0. The van der Waals surface area contributed by atoms with E-state index in [1.54, 1.807) is 0 Å². The molecular formula is C7H8N4O3. The van der Waals surface area contributed by atoms with Gasteiger partial charge in [-0.1, -0.05) is 0 Å². The molecule has 0 unspecified atom stereocenters. The van der Waals surface area contributed by atoms with E-state index in [0.717, 1.165) is 6.07 Å². The minimum Gasteiger partial charge on any atom is -0.506 e. The van der Waals surface area contributed by atoms with Gasteiger partial charge in [0.15, 0.2) is 0 Å². The molecule has 14 heavy (non-hydrogen) atoms. The van der Waals surface area contributed by atoms with Crippen molar-refractivity contribution in [2.75, 3.05) is 5.73 Å². The lowest BCUT2D eigenvalue weighted by Gasteiger charge is -1.98. The third-order valence-corrected chi connectivity index (χ3v) is 1.98. The van der Waals surface area contributed by atoms with Gasteiger partial charge in [0.1, 0.15) is 16.8 Å². The number of fused-ring (bicyclic) bond motifs is 1. The second-order valence-corrected chi connectivity index (χ2v) is 2.85. The lowest BCUT2D eigenvalue weighted by Crippen LogP contribution is -2.21. The maximum atomic E-state index is 9.31. The van der Waals surface area contributed by atoms with Crippen molar-refractivity contribution in [3.05, 3.63) is 17.8 Å². The zero-order valence-electron chi connectivity index (χ0n) is 6.97. The summed E-state index contributed by atoms with van der Waals surface area (Å²) in [7, 11) is 0. The zero-order chi connectivity index (χ0) is 10.5. The van der Waals surface area contributed by atoms with Gasteiger partial charge in [-0.05, 0) is 6.07 Å². The fourth-order valence-electron chi connectivity index (χ4n) is 1.24.